The maximum absolute atomic E-state index is 12.4. The number of carbonyl (C=O) groups is 2. The van der Waals surface area contributed by atoms with E-state index < -0.39 is 5.97 Å². The average molecular weight is 265 g/mol. The van der Waals surface area contributed by atoms with Gasteiger partial charge >= 0.3 is 5.97 Å². The van der Waals surface area contributed by atoms with E-state index in [2.05, 4.69) is 0 Å². The Kier molecular flexibility index (Phi) is 4.24. The molecule has 2 rings (SSSR count). The Bertz CT molecular complexity index is 440. The molecule has 2 atom stereocenters. The minimum atomic E-state index is -0.788. The molecule has 1 aliphatic carbocycles. The summed E-state index contributed by atoms with van der Waals surface area (Å²) in [4.78, 5) is 25.0. The number of aliphatic carboxylic acids is 1. The van der Waals surface area contributed by atoms with Gasteiger partial charge in [-0.3, -0.25) is 9.59 Å². The normalized spacial score (nSPS) is 22.4. The van der Waals surface area contributed by atoms with E-state index in [4.69, 9.17) is 9.52 Å². The fourth-order valence-corrected chi connectivity index (χ4v) is 2.62. The minimum absolute atomic E-state index is 0.0441. The van der Waals surface area contributed by atoms with E-state index >= 15 is 0 Å². The fraction of sp³-hybridized carbons (Fsp3) is 0.571. The molecule has 5 nitrogen and oxygen atoms in total. The van der Waals surface area contributed by atoms with Crippen LogP contribution in [0.4, 0.5) is 0 Å². The zero-order valence-electron chi connectivity index (χ0n) is 11.0. The summed E-state index contributed by atoms with van der Waals surface area (Å²) >= 11 is 0. The summed E-state index contributed by atoms with van der Waals surface area (Å²) in [5.41, 5.74) is 0. The number of nitrogens with zero attached hydrogens (tertiary/aromatic N) is 1. The first-order valence-corrected chi connectivity index (χ1v) is 6.65. The number of hydrogen-bond donors (Lipinski definition) is 1. The van der Waals surface area contributed by atoms with Crippen LogP contribution in [0.3, 0.4) is 0 Å². The molecule has 19 heavy (non-hydrogen) atoms. The molecule has 1 N–H and O–H groups in total. The highest BCUT2D eigenvalue weighted by molar-refractivity contribution is 5.81. The molecule has 1 heterocycles. The molecular formula is C14H19NO4. The highest BCUT2D eigenvalue weighted by Crippen LogP contribution is 2.32. The van der Waals surface area contributed by atoms with Crippen LogP contribution >= 0.6 is 0 Å². The molecule has 0 saturated heterocycles. The monoisotopic (exact) mass is 265 g/mol. The van der Waals surface area contributed by atoms with Gasteiger partial charge in [-0.05, 0) is 38.3 Å². The molecule has 5 heteroatoms. The average Bonchev–Trinajstić information content (AvgIpc) is 3.06. The van der Waals surface area contributed by atoms with Crippen LogP contribution in [-0.2, 0) is 16.1 Å². The predicted molar refractivity (Wildman–Crippen MR) is 68.3 cm³/mol. The minimum Gasteiger partial charge on any atom is -0.481 e. The molecule has 0 aliphatic heterocycles. The third kappa shape index (κ3) is 3.16. The second-order valence-electron chi connectivity index (χ2n) is 4.98. The van der Waals surface area contributed by atoms with E-state index in [1.54, 1.807) is 17.2 Å². The highest BCUT2D eigenvalue weighted by atomic mass is 16.4. The maximum Gasteiger partial charge on any atom is 0.306 e. The van der Waals surface area contributed by atoms with Crippen LogP contribution in [-0.4, -0.2) is 28.4 Å². The van der Waals surface area contributed by atoms with Crippen molar-refractivity contribution in [2.45, 2.75) is 32.7 Å². The van der Waals surface area contributed by atoms with Crippen LogP contribution in [0, 0.1) is 11.8 Å². The van der Waals surface area contributed by atoms with Gasteiger partial charge in [0.2, 0.25) is 5.91 Å². The van der Waals surface area contributed by atoms with E-state index in [0.717, 1.165) is 5.76 Å². The third-order valence-electron chi connectivity index (χ3n) is 3.75. The van der Waals surface area contributed by atoms with E-state index in [1.807, 2.05) is 13.0 Å². The summed E-state index contributed by atoms with van der Waals surface area (Å²) in [5, 5.41) is 8.98. The Labute approximate surface area is 112 Å². The van der Waals surface area contributed by atoms with Crippen molar-refractivity contribution < 1.29 is 19.1 Å². The molecule has 0 bridgehead atoms. The summed E-state index contributed by atoms with van der Waals surface area (Å²) in [6, 6.07) is 3.63. The molecule has 1 aliphatic rings. The van der Waals surface area contributed by atoms with Gasteiger partial charge in [0.25, 0.3) is 0 Å². The van der Waals surface area contributed by atoms with E-state index in [9.17, 15) is 9.59 Å². The largest absolute Gasteiger partial charge is 0.481 e. The van der Waals surface area contributed by atoms with E-state index in [0.29, 0.717) is 32.4 Å². The van der Waals surface area contributed by atoms with Crippen molar-refractivity contribution in [2.24, 2.45) is 11.8 Å². The van der Waals surface area contributed by atoms with Gasteiger partial charge in [0.1, 0.15) is 5.76 Å². The second kappa shape index (κ2) is 5.91. The van der Waals surface area contributed by atoms with Gasteiger partial charge < -0.3 is 14.4 Å². The molecule has 1 saturated carbocycles. The van der Waals surface area contributed by atoms with Gasteiger partial charge in [0.05, 0.1) is 18.7 Å². The number of carbonyl (C=O) groups excluding carboxylic acids is 1. The Balaban J connectivity index is 1.95. The van der Waals surface area contributed by atoms with Crippen LogP contribution in [0.25, 0.3) is 0 Å². The van der Waals surface area contributed by atoms with Gasteiger partial charge in [-0.25, -0.2) is 0 Å². The topological polar surface area (TPSA) is 70.8 Å². The SMILES string of the molecule is CCN(Cc1ccco1)C(=O)[C@@H]1CC[C@H](C(=O)O)C1. The lowest BCUT2D eigenvalue weighted by Gasteiger charge is -2.23. The second-order valence-corrected chi connectivity index (χ2v) is 4.98. The number of rotatable bonds is 5. The van der Waals surface area contributed by atoms with Gasteiger partial charge in [0, 0.05) is 12.5 Å². The van der Waals surface area contributed by atoms with Crippen LogP contribution < -0.4 is 0 Å². The van der Waals surface area contributed by atoms with Crippen LogP contribution in [0.5, 0.6) is 0 Å². The van der Waals surface area contributed by atoms with Crippen molar-refractivity contribution in [3.63, 3.8) is 0 Å². The summed E-state index contributed by atoms with van der Waals surface area (Å²) in [6.07, 6.45) is 3.32. The molecule has 1 aromatic heterocycles. The van der Waals surface area contributed by atoms with Crippen molar-refractivity contribution >= 4 is 11.9 Å². The number of hydrogen-bond acceptors (Lipinski definition) is 3. The van der Waals surface area contributed by atoms with Crippen molar-refractivity contribution in [3.05, 3.63) is 24.2 Å². The number of amides is 1. The molecule has 0 radical (unpaired) electrons. The first kappa shape index (κ1) is 13.6. The van der Waals surface area contributed by atoms with E-state index in [-0.39, 0.29) is 17.7 Å². The third-order valence-corrected chi connectivity index (χ3v) is 3.75. The Morgan fingerprint density at radius 3 is 2.68 bits per heavy atom. The molecule has 0 unspecified atom stereocenters. The quantitative estimate of drug-likeness (QED) is 0.885. The lowest BCUT2D eigenvalue weighted by molar-refractivity contribution is -0.141. The molecular weight excluding hydrogens is 246 g/mol. The summed E-state index contributed by atoms with van der Waals surface area (Å²) < 4.78 is 5.25. The van der Waals surface area contributed by atoms with Gasteiger partial charge in [-0.15, -0.1) is 0 Å². The zero-order chi connectivity index (χ0) is 13.8. The maximum atomic E-state index is 12.4. The molecule has 0 spiro atoms. The summed E-state index contributed by atoms with van der Waals surface area (Å²) in [6.45, 7) is 2.98. The van der Waals surface area contributed by atoms with Crippen LogP contribution in [0.2, 0.25) is 0 Å². The van der Waals surface area contributed by atoms with Gasteiger partial charge in [0.15, 0.2) is 0 Å². The fourth-order valence-electron chi connectivity index (χ4n) is 2.62. The van der Waals surface area contributed by atoms with Gasteiger partial charge in [-0.2, -0.15) is 0 Å². The molecule has 104 valence electrons. The Hall–Kier alpha value is -1.78. The lowest BCUT2D eigenvalue weighted by Crippen LogP contribution is -2.34. The first-order chi connectivity index (χ1) is 9.11. The Morgan fingerprint density at radius 1 is 1.42 bits per heavy atom. The lowest BCUT2D eigenvalue weighted by atomic mass is 10.0. The number of carboxylic acids is 1. The molecule has 1 amide bonds. The van der Waals surface area contributed by atoms with Gasteiger partial charge in [-0.1, -0.05) is 0 Å². The zero-order valence-corrected chi connectivity index (χ0v) is 11.0. The number of furan rings is 1. The van der Waals surface area contributed by atoms with Crippen molar-refractivity contribution in [1.82, 2.24) is 4.90 Å². The smallest absolute Gasteiger partial charge is 0.306 e. The van der Waals surface area contributed by atoms with Crippen molar-refractivity contribution in [2.75, 3.05) is 6.54 Å². The summed E-state index contributed by atoms with van der Waals surface area (Å²) in [7, 11) is 0. The van der Waals surface area contributed by atoms with E-state index in [1.165, 1.54) is 0 Å². The van der Waals surface area contributed by atoms with Crippen molar-refractivity contribution in [1.29, 1.82) is 0 Å². The molecule has 1 aromatic rings. The standard InChI is InChI=1S/C14H19NO4/c1-2-15(9-12-4-3-7-19-12)13(16)10-5-6-11(8-10)14(17)18/h3-4,7,10-11H,2,5-6,8-9H2,1H3,(H,17,18)/t10-,11+/m1/s1. The van der Waals surface area contributed by atoms with Crippen LogP contribution in [0.15, 0.2) is 22.8 Å². The van der Waals surface area contributed by atoms with Crippen molar-refractivity contribution in [3.8, 4) is 0 Å². The molecule has 1 fully saturated rings. The predicted octanol–water partition coefficient (Wildman–Crippen LogP) is 2.13. The van der Waals surface area contributed by atoms with Crippen LogP contribution in [0.1, 0.15) is 31.9 Å². The highest BCUT2D eigenvalue weighted by Gasteiger charge is 2.35. The molecule has 0 aromatic carbocycles. The summed E-state index contributed by atoms with van der Waals surface area (Å²) in [5.74, 6) is -0.512. The first-order valence-electron chi connectivity index (χ1n) is 6.65. The Morgan fingerprint density at radius 2 is 2.16 bits per heavy atom. The number of carboxylic acid groups (broad SMARTS) is 1.